The van der Waals surface area contributed by atoms with Crippen molar-refractivity contribution in [3.8, 4) is 10.6 Å². The van der Waals surface area contributed by atoms with E-state index in [9.17, 15) is 0 Å². The predicted octanol–water partition coefficient (Wildman–Crippen LogP) is 3.77. The first-order valence-corrected chi connectivity index (χ1v) is 5.13. The lowest BCUT2D eigenvalue weighted by Crippen LogP contribution is -1.76. The van der Waals surface area contributed by atoms with Crippen LogP contribution in [0.2, 0.25) is 4.34 Å². The molecule has 1 aromatic carbocycles. The zero-order chi connectivity index (χ0) is 9.26. The second kappa shape index (κ2) is 3.48. The SMILES string of the molecule is Cc1cccc(-c2ncc(Cl)s2)c1. The second-order valence-corrected chi connectivity index (χ2v) is 4.50. The van der Waals surface area contributed by atoms with Crippen LogP contribution in [-0.4, -0.2) is 4.98 Å². The summed E-state index contributed by atoms with van der Waals surface area (Å²) in [6.45, 7) is 2.07. The van der Waals surface area contributed by atoms with Gasteiger partial charge in [-0.05, 0) is 13.0 Å². The molecule has 2 aromatic rings. The molecule has 1 heterocycles. The van der Waals surface area contributed by atoms with Gasteiger partial charge in [-0.3, -0.25) is 0 Å². The molecule has 0 spiro atoms. The maximum Gasteiger partial charge on any atom is 0.124 e. The van der Waals surface area contributed by atoms with Crippen LogP contribution in [0.4, 0.5) is 0 Å². The maximum atomic E-state index is 5.81. The van der Waals surface area contributed by atoms with E-state index in [0.717, 1.165) is 14.9 Å². The van der Waals surface area contributed by atoms with Gasteiger partial charge in [0.1, 0.15) is 9.34 Å². The van der Waals surface area contributed by atoms with Gasteiger partial charge >= 0.3 is 0 Å². The summed E-state index contributed by atoms with van der Waals surface area (Å²) in [5.74, 6) is 0. The molecule has 0 aliphatic rings. The molecule has 13 heavy (non-hydrogen) atoms. The highest BCUT2D eigenvalue weighted by atomic mass is 35.5. The van der Waals surface area contributed by atoms with Crippen molar-refractivity contribution >= 4 is 22.9 Å². The van der Waals surface area contributed by atoms with E-state index in [1.54, 1.807) is 6.20 Å². The minimum absolute atomic E-state index is 0.733. The fourth-order valence-electron chi connectivity index (χ4n) is 1.17. The van der Waals surface area contributed by atoms with Gasteiger partial charge in [0.25, 0.3) is 0 Å². The minimum Gasteiger partial charge on any atom is -0.243 e. The van der Waals surface area contributed by atoms with Crippen molar-refractivity contribution in [1.29, 1.82) is 0 Å². The second-order valence-electron chi connectivity index (χ2n) is 2.84. The highest BCUT2D eigenvalue weighted by Crippen LogP contribution is 2.28. The summed E-state index contributed by atoms with van der Waals surface area (Å²) < 4.78 is 0.733. The molecule has 0 fully saturated rings. The molecule has 1 nitrogen and oxygen atoms in total. The molecule has 0 saturated heterocycles. The molecule has 3 heteroatoms. The molecule has 0 unspecified atom stereocenters. The summed E-state index contributed by atoms with van der Waals surface area (Å²) in [7, 11) is 0. The van der Waals surface area contributed by atoms with Crippen molar-refractivity contribution in [3.63, 3.8) is 0 Å². The van der Waals surface area contributed by atoms with Gasteiger partial charge in [0.15, 0.2) is 0 Å². The number of nitrogens with zero attached hydrogens (tertiary/aromatic N) is 1. The molecule has 0 aliphatic carbocycles. The number of thiazole rings is 1. The van der Waals surface area contributed by atoms with Gasteiger partial charge in [0, 0.05) is 5.56 Å². The van der Waals surface area contributed by atoms with Gasteiger partial charge in [-0.1, -0.05) is 35.4 Å². The first-order valence-electron chi connectivity index (χ1n) is 3.94. The Bertz CT molecular complexity index is 422. The fourth-order valence-corrected chi connectivity index (χ4v) is 2.07. The van der Waals surface area contributed by atoms with Crippen LogP contribution < -0.4 is 0 Å². The predicted molar refractivity (Wildman–Crippen MR) is 57.3 cm³/mol. The van der Waals surface area contributed by atoms with Crippen LogP contribution in [0, 0.1) is 6.92 Å². The molecule has 0 aliphatic heterocycles. The van der Waals surface area contributed by atoms with E-state index in [1.165, 1.54) is 16.9 Å². The van der Waals surface area contributed by atoms with E-state index in [1.807, 2.05) is 12.1 Å². The van der Waals surface area contributed by atoms with Crippen molar-refractivity contribution in [2.75, 3.05) is 0 Å². The van der Waals surface area contributed by atoms with Crippen LogP contribution in [-0.2, 0) is 0 Å². The zero-order valence-electron chi connectivity index (χ0n) is 7.12. The zero-order valence-corrected chi connectivity index (χ0v) is 8.69. The molecular formula is C10H8ClNS. The lowest BCUT2D eigenvalue weighted by molar-refractivity contribution is 1.39. The number of aromatic nitrogens is 1. The van der Waals surface area contributed by atoms with Gasteiger partial charge in [0.2, 0.25) is 0 Å². The molecule has 0 atom stereocenters. The lowest BCUT2D eigenvalue weighted by atomic mass is 10.1. The molecule has 2 rings (SSSR count). The van der Waals surface area contributed by atoms with E-state index in [0.29, 0.717) is 0 Å². The average molecular weight is 210 g/mol. The summed E-state index contributed by atoms with van der Waals surface area (Å²) in [5, 5.41) is 0.980. The summed E-state index contributed by atoms with van der Waals surface area (Å²) in [4.78, 5) is 4.21. The molecular weight excluding hydrogens is 202 g/mol. The highest BCUT2D eigenvalue weighted by molar-refractivity contribution is 7.18. The molecule has 1 aromatic heterocycles. The lowest BCUT2D eigenvalue weighted by Gasteiger charge is -1.96. The van der Waals surface area contributed by atoms with Gasteiger partial charge in [-0.2, -0.15) is 0 Å². The fraction of sp³-hybridized carbons (Fsp3) is 0.100. The number of hydrogen-bond donors (Lipinski definition) is 0. The topological polar surface area (TPSA) is 12.9 Å². The Morgan fingerprint density at radius 3 is 2.85 bits per heavy atom. The first-order chi connectivity index (χ1) is 6.25. The molecule has 0 radical (unpaired) electrons. The number of hydrogen-bond acceptors (Lipinski definition) is 2. The summed E-state index contributed by atoms with van der Waals surface area (Å²) >= 11 is 7.31. The molecule has 0 saturated carbocycles. The van der Waals surface area contributed by atoms with Crippen LogP contribution in [0.3, 0.4) is 0 Å². The number of benzene rings is 1. The van der Waals surface area contributed by atoms with Crippen molar-refractivity contribution in [2.24, 2.45) is 0 Å². The average Bonchev–Trinajstić information content (AvgIpc) is 2.52. The van der Waals surface area contributed by atoms with Crippen LogP contribution in [0.5, 0.6) is 0 Å². The smallest absolute Gasteiger partial charge is 0.124 e. The third-order valence-electron chi connectivity index (χ3n) is 1.74. The maximum absolute atomic E-state index is 5.81. The largest absolute Gasteiger partial charge is 0.243 e. The standard InChI is InChI=1S/C10H8ClNS/c1-7-3-2-4-8(5-7)10-12-6-9(11)13-10/h2-6H,1H3. The van der Waals surface area contributed by atoms with E-state index >= 15 is 0 Å². The molecule has 0 bridgehead atoms. The molecule has 66 valence electrons. The van der Waals surface area contributed by atoms with Crippen molar-refractivity contribution in [2.45, 2.75) is 6.92 Å². The Morgan fingerprint density at radius 1 is 1.38 bits per heavy atom. The summed E-state index contributed by atoms with van der Waals surface area (Å²) in [5.41, 5.74) is 2.38. The van der Waals surface area contributed by atoms with Gasteiger partial charge in [-0.15, -0.1) is 11.3 Å². The number of rotatable bonds is 1. The van der Waals surface area contributed by atoms with E-state index in [-0.39, 0.29) is 0 Å². The summed E-state index contributed by atoms with van der Waals surface area (Å²) in [6.07, 6.45) is 1.68. The highest BCUT2D eigenvalue weighted by Gasteiger charge is 2.02. The normalized spacial score (nSPS) is 10.3. The Labute approximate surface area is 86.0 Å². The van der Waals surface area contributed by atoms with Crippen molar-refractivity contribution < 1.29 is 0 Å². The molecule has 0 N–H and O–H groups in total. The Balaban J connectivity index is 2.46. The minimum atomic E-state index is 0.733. The third-order valence-corrected chi connectivity index (χ3v) is 2.91. The van der Waals surface area contributed by atoms with Gasteiger partial charge in [-0.25, -0.2) is 4.98 Å². The van der Waals surface area contributed by atoms with Gasteiger partial charge in [0.05, 0.1) is 6.20 Å². The Morgan fingerprint density at radius 2 is 2.23 bits per heavy atom. The van der Waals surface area contributed by atoms with Crippen LogP contribution in [0.1, 0.15) is 5.56 Å². The van der Waals surface area contributed by atoms with E-state index in [2.05, 4.69) is 24.0 Å². The summed E-state index contributed by atoms with van der Waals surface area (Å²) in [6, 6.07) is 8.25. The monoisotopic (exact) mass is 209 g/mol. The van der Waals surface area contributed by atoms with Crippen LogP contribution in [0.25, 0.3) is 10.6 Å². The third kappa shape index (κ3) is 1.90. The Hall–Kier alpha value is -0.860. The quantitative estimate of drug-likeness (QED) is 0.697. The first kappa shape index (κ1) is 8.73. The number of halogens is 1. The van der Waals surface area contributed by atoms with E-state index in [4.69, 9.17) is 11.6 Å². The van der Waals surface area contributed by atoms with Crippen LogP contribution in [0.15, 0.2) is 30.5 Å². The van der Waals surface area contributed by atoms with Crippen molar-refractivity contribution in [3.05, 3.63) is 40.4 Å². The van der Waals surface area contributed by atoms with Gasteiger partial charge < -0.3 is 0 Å². The van der Waals surface area contributed by atoms with E-state index < -0.39 is 0 Å². The van der Waals surface area contributed by atoms with Crippen molar-refractivity contribution in [1.82, 2.24) is 4.98 Å². The van der Waals surface area contributed by atoms with Crippen LogP contribution >= 0.6 is 22.9 Å². The Kier molecular flexibility index (Phi) is 2.34. The number of aryl methyl sites for hydroxylation is 1. The molecule has 0 amide bonds.